The number of Topliss-reactive ketones (excluding diaryl/α,β-unsaturated/α-hetero) is 2. The molecule has 0 radical (unpaired) electrons. The van der Waals surface area contributed by atoms with E-state index in [-0.39, 0.29) is 53.7 Å². The molecule has 162 valence electrons. The molecule has 4 nitrogen and oxygen atoms in total. The Balaban J connectivity index is 1.62. The minimum Gasteiger partial charge on any atom is -0.458 e. The number of carbonyl (C=O) groups is 3. The van der Waals surface area contributed by atoms with E-state index in [9.17, 15) is 14.4 Å². The molecule has 0 spiro atoms. The van der Waals surface area contributed by atoms with Crippen LogP contribution in [-0.4, -0.2) is 30.1 Å². The summed E-state index contributed by atoms with van der Waals surface area (Å²) in [4.78, 5) is 35.8. The van der Waals surface area contributed by atoms with Gasteiger partial charge in [-0.1, -0.05) is 13.8 Å². The van der Waals surface area contributed by atoms with Gasteiger partial charge in [0.25, 0.3) is 5.92 Å². The van der Waals surface area contributed by atoms with E-state index in [0.717, 1.165) is 6.42 Å². The SMILES string of the molecule is CC(=O)OCC(=O)[C@H]1CC[C@H]2[C@H]3[C@H](CC[C@]12C)[C@@]1(C)CCC(=O)CC1CC3(F)F. The molecular weight excluding hydrogens is 378 g/mol. The van der Waals surface area contributed by atoms with Crippen molar-refractivity contribution in [2.75, 3.05) is 6.61 Å². The second-order valence-corrected chi connectivity index (χ2v) is 10.6. The fourth-order valence-corrected chi connectivity index (χ4v) is 7.75. The lowest BCUT2D eigenvalue weighted by molar-refractivity contribution is -0.230. The van der Waals surface area contributed by atoms with Crippen LogP contribution < -0.4 is 0 Å². The van der Waals surface area contributed by atoms with Crippen molar-refractivity contribution < 1.29 is 27.9 Å². The van der Waals surface area contributed by atoms with Gasteiger partial charge in [-0.05, 0) is 60.7 Å². The van der Waals surface area contributed by atoms with Crippen LogP contribution in [0.15, 0.2) is 0 Å². The number of fused-ring (bicyclic) bond motifs is 5. The molecule has 4 fully saturated rings. The highest BCUT2D eigenvalue weighted by molar-refractivity contribution is 5.85. The van der Waals surface area contributed by atoms with Crippen LogP contribution in [0.1, 0.15) is 72.1 Å². The number of halogens is 2. The van der Waals surface area contributed by atoms with Gasteiger partial charge in [-0.3, -0.25) is 14.4 Å². The number of hydrogen-bond acceptors (Lipinski definition) is 4. The Kier molecular flexibility index (Phi) is 4.94. The summed E-state index contributed by atoms with van der Waals surface area (Å²) in [5.74, 6) is -4.85. The molecule has 0 amide bonds. The van der Waals surface area contributed by atoms with Crippen LogP contribution in [0.5, 0.6) is 0 Å². The van der Waals surface area contributed by atoms with Crippen molar-refractivity contribution in [2.45, 2.75) is 78.1 Å². The molecule has 0 aliphatic heterocycles. The Morgan fingerprint density at radius 1 is 1.07 bits per heavy atom. The zero-order valence-corrected chi connectivity index (χ0v) is 17.6. The molecule has 0 bridgehead atoms. The lowest BCUT2D eigenvalue weighted by Gasteiger charge is -2.62. The maximum absolute atomic E-state index is 15.5. The van der Waals surface area contributed by atoms with E-state index in [0.29, 0.717) is 38.5 Å². The molecule has 0 aromatic heterocycles. The minimum atomic E-state index is -2.80. The quantitative estimate of drug-likeness (QED) is 0.639. The molecule has 7 atom stereocenters. The molecule has 0 aromatic rings. The van der Waals surface area contributed by atoms with Crippen molar-refractivity contribution >= 4 is 17.5 Å². The van der Waals surface area contributed by atoms with Gasteiger partial charge in [0, 0.05) is 38.0 Å². The smallest absolute Gasteiger partial charge is 0.303 e. The first-order valence-electron chi connectivity index (χ1n) is 11.0. The van der Waals surface area contributed by atoms with Crippen molar-refractivity contribution in [3.63, 3.8) is 0 Å². The summed E-state index contributed by atoms with van der Waals surface area (Å²) >= 11 is 0. The molecule has 1 unspecified atom stereocenters. The first kappa shape index (κ1) is 20.9. The van der Waals surface area contributed by atoms with E-state index < -0.39 is 23.2 Å². The zero-order valence-electron chi connectivity index (χ0n) is 17.6. The van der Waals surface area contributed by atoms with Gasteiger partial charge in [-0.15, -0.1) is 0 Å². The lowest BCUT2D eigenvalue weighted by atomic mass is 9.43. The molecule has 0 heterocycles. The summed E-state index contributed by atoms with van der Waals surface area (Å²) in [7, 11) is 0. The number of carbonyl (C=O) groups excluding carboxylic acids is 3. The Morgan fingerprint density at radius 2 is 1.76 bits per heavy atom. The van der Waals surface area contributed by atoms with Gasteiger partial charge in [-0.2, -0.15) is 0 Å². The predicted molar refractivity (Wildman–Crippen MR) is 102 cm³/mol. The maximum Gasteiger partial charge on any atom is 0.303 e. The van der Waals surface area contributed by atoms with Crippen LogP contribution in [0, 0.1) is 40.4 Å². The molecule has 0 N–H and O–H groups in total. The molecule has 4 aliphatic carbocycles. The van der Waals surface area contributed by atoms with E-state index in [1.807, 2.05) is 6.92 Å². The van der Waals surface area contributed by atoms with E-state index >= 15 is 8.78 Å². The minimum absolute atomic E-state index is 0.0928. The lowest BCUT2D eigenvalue weighted by Crippen LogP contribution is -2.60. The van der Waals surface area contributed by atoms with Crippen molar-refractivity contribution in [2.24, 2.45) is 40.4 Å². The molecule has 0 aromatic carbocycles. The third kappa shape index (κ3) is 3.16. The van der Waals surface area contributed by atoms with Gasteiger partial charge >= 0.3 is 5.97 Å². The molecule has 4 aliphatic rings. The second kappa shape index (κ2) is 6.84. The van der Waals surface area contributed by atoms with E-state index in [1.165, 1.54) is 6.92 Å². The average molecular weight is 411 g/mol. The Morgan fingerprint density at radius 3 is 2.45 bits per heavy atom. The van der Waals surface area contributed by atoms with Crippen molar-refractivity contribution in [1.29, 1.82) is 0 Å². The van der Waals surface area contributed by atoms with E-state index in [2.05, 4.69) is 6.92 Å². The number of alkyl halides is 2. The van der Waals surface area contributed by atoms with Crippen molar-refractivity contribution in [3.8, 4) is 0 Å². The average Bonchev–Trinajstić information content (AvgIpc) is 2.98. The van der Waals surface area contributed by atoms with Crippen LogP contribution in [0.3, 0.4) is 0 Å². The summed E-state index contributed by atoms with van der Waals surface area (Å²) in [5.41, 5.74) is -0.670. The molecular formula is C23H32F2O4. The molecule has 29 heavy (non-hydrogen) atoms. The van der Waals surface area contributed by atoms with Gasteiger partial charge in [0.05, 0.1) is 0 Å². The van der Waals surface area contributed by atoms with Crippen LogP contribution in [-0.2, 0) is 19.1 Å². The fraction of sp³-hybridized carbons (Fsp3) is 0.870. The molecule has 4 rings (SSSR count). The molecule has 4 saturated carbocycles. The number of ether oxygens (including phenoxy) is 1. The summed E-state index contributed by atoms with van der Waals surface area (Å²) in [6, 6.07) is 0. The van der Waals surface area contributed by atoms with E-state index in [4.69, 9.17) is 4.74 Å². The Hall–Kier alpha value is -1.33. The Labute approximate surface area is 171 Å². The summed E-state index contributed by atoms with van der Waals surface area (Å²) in [6.45, 7) is 5.16. The van der Waals surface area contributed by atoms with Gasteiger partial charge < -0.3 is 4.74 Å². The van der Waals surface area contributed by atoms with Crippen LogP contribution >= 0.6 is 0 Å². The zero-order chi connectivity index (χ0) is 21.2. The fourth-order valence-electron chi connectivity index (χ4n) is 7.75. The standard InChI is InChI=1S/C23H32F2O4/c1-13(26)29-12-19(28)16-4-5-17-20-18(7-9-22(16,17)3)21(2)8-6-15(27)10-14(21)11-23(20,24)25/h14,16-18,20H,4-12H2,1-3H3/t14?,16-,17+,18+,20+,21+,22-/m1/s1. The highest BCUT2D eigenvalue weighted by Gasteiger charge is 2.68. The summed E-state index contributed by atoms with van der Waals surface area (Å²) in [6.07, 6.45) is 3.98. The maximum atomic E-state index is 15.5. The number of rotatable bonds is 3. The van der Waals surface area contributed by atoms with Crippen LogP contribution in [0.2, 0.25) is 0 Å². The van der Waals surface area contributed by atoms with Gasteiger partial charge in [0.15, 0.2) is 5.78 Å². The van der Waals surface area contributed by atoms with E-state index in [1.54, 1.807) is 0 Å². The van der Waals surface area contributed by atoms with Crippen LogP contribution in [0.4, 0.5) is 8.78 Å². The topological polar surface area (TPSA) is 60.4 Å². The third-order valence-electron chi connectivity index (χ3n) is 9.28. The first-order valence-corrected chi connectivity index (χ1v) is 11.0. The van der Waals surface area contributed by atoms with Crippen molar-refractivity contribution in [3.05, 3.63) is 0 Å². The van der Waals surface area contributed by atoms with Gasteiger partial charge in [-0.25, -0.2) is 8.78 Å². The molecule has 0 saturated heterocycles. The number of ketones is 2. The van der Waals surface area contributed by atoms with Crippen LogP contribution in [0.25, 0.3) is 0 Å². The van der Waals surface area contributed by atoms with Crippen molar-refractivity contribution in [1.82, 2.24) is 0 Å². The Bertz CT molecular complexity index is 734. The first-order chi connectivity index (χ1) is 13.5. The summed E-state index contributed by atoms with van der Waals surface area (Å²) < 4.78 is 36.0. The highest BCUT2D eigenvalue weighted by atomic mass is 19.3. The molecule has 6 heteroatoms. The van der Waals surface area contributed by atoms with Gasteiger partial charge in [0.1, 0.15) is 12.4 Å². The highest BCUT2D eigenvalue weighted by Crippen LogP contribution is 2.70. The monoisotopic (exact) mass is 410 g/mol. The third-order valence-corrected chi connectivity index (χ3v) is 9.28. The van der Waals surface area contributed by atoms with Gasteiger partial charge in [0.2, 0.25) is 0 Å². The number of hydrogen-bond donors (Lipinski definition) is 0. The predicted octanol–water partition coefficient (Wildman–Crippen LogP) is 4.59. The second-order valence-electron chi connectivity index (χ2n) is 10.6. The summed E-state index contributed by atoms with van der Waals surface area (Å²) in [5, 5.41) is 0. The largest absolute Gasteiger partial charge is 0.458 e. The number of esters is 1. The normalized spacial score (nSPS) is 45.7.